The van der Waals surface area contributed by atoms with Gasteiger partial charge in [-0.1, -0.05) is 0 Å². The van der Waals surface area contributed by atoms with Crippen molar-refractivity contribution in [2.75, 3.05) is 25.1 Å². The molecule has 7 nitrogen and oxygen atoms in total. The van der Waals surface area contributed by atoms with Crippen molar-refractivity contribution in [2.45, 2.75) is 0 Å². The molecule has 0 saturated carbocycles. The van der Waals surface area contributed by atoms with E-state index < -0.39 is 18.5 Å². The predicted octanol–water partition coefficient (Wildman–Crippen LogP) is 1.96. The molecule has 0 aromatic heterocycles. The molecule has 0 aliphatic carbocycles. The van der Waals surface area contributed by atoms with Crippen LogP contribution in [0.5, 0.6) is 17.2 Å². The van der Waals surface area contributed by atoms with Gasteiger partial charge in [0.1, 0.15) is 19.0 Å². The van der Waals surface area contributed by atoms with E-state index in [4.69, 9.17) is 19.3 Å². The van der Waals surface area contributed by atoms with Crippen LogP contribution in [0, 0.1) is 0 Å². The van der Waals surface area contributed by atoms with E-state index in [1.54, 1.807) is 18.2 Å². The first-order valence-electron chi connectivity index (χ1n) is 7.27. The standard InChI is InChI=1S/C17H15NO6/c19-13-4-1-11(2-5-13)17(21)24-10-16(20)18-12-3-6-14-15(9-12)23-8-7-22-14/h1-6,9,19H,7-8,10H2,(H,18,20). The molecular formula is C17H15NO6. The number of phenols is 1. The number of phenolic OH excluding ortho intramolecular Hbond substituents is 1. The molecule has 0 atom stereocenters. The van der Waals surface area contributed by atoms with Crippen LogP contribution in [-0.2, 0) is 9.53 Å². The van der Waals surface area contributed by atoms with Crippen LogP contribution < -0.4 is 14.8 Å². The van der Waals surface area contributed by atoms with Crippen LogP contribution >= 0.6 is 0 Å². The fraction of sp³-hybridized carbons (Fsp3) is 0.176. The van der Waals surface area contributed by atoms with Crippen molar-refractivity contribution in [3.8, 4) is 17.2 Å². The molecule has 0 radical (unpaired) electrons. The van der Waals surface area contributed by atoms with Crippen molar-refractivity contribution in [3.63, 3.8) is 0 Å². The Labute approximate surface area is 137 Å². The second-order valence-corrected chi connectivity index (χ2v) is 5.03. The van der Waals surface area contributed by atoms with Gasteiger partial charge in [0.05, 0.1) is 5.56 Å². The highest BCUT2D eigenvalue weighted by atomic mass is 16.6. The van der Waals surface area contributed by atoms with Crippen LogP contribution in [0.1, 0.15) is 10.4 Å². The molecular weight excluding hydrogens is 314 g/mol. The fourth-order valence-corrected chi connectivity index (χ4v) is 2.13. The molecule has 0 fully saturated rings. The minimum Gasteiger partial charge on any atom is -0.508 e. The highest BCUT2D eigenvalue weighted by molar-refractivity contribution is 5.95. The maximum atomic E-state index is 11.9. The topological polar surface area (TPSA) is 94.1 Å². The van der Waals surface area contributed by atoms with E-state index in [1.165, 1.54) is 24.3 Å². The second kappa shape index (κ2) is 6.91. The molecule has 1 aliphatic heterocycles. The van der Waals surface area contributed by atoms with Crippen molar-refractivity contribution in [1.29, 1.82) is 0 Å². The summed E-state index contributed by atoms with van der Waals surface area (Å²) in [5, 5.41) is 11.8. The van der Waals surface area contributed by atoms with Gasteiger partial charge in [-0.15, -0.1) is 0 Å². The Morgan fingerprint density at radius 1 is 1.04 bits per heavy atom. The van der Waals surface area contributed by atoms with Gasteiger partial charge in [-0.25, -0.2) is 4.79 Å². The maximum Gasteiger partial charge on any atom is 0.338 e. The summed E-state index contributed by atoms with van der Waals surface area (Å²) < 4.78 is 15.8. The van der Waals surface area contributed by atoms with Crippen molar-refractivity contribution < 1.29 is 28.9 Å². The van der Waals surface area contributed by atoms with Crippen LogP contribution in [0.3, 0.4) is 0 Å². The second-order valence-electron chi connectivity index (χ2n) is 5.03. The summed E-state index contributed by atoms with van der Waals surface area (Å²) in [6, 6.07) is 10.6. The first-order valence-corrected chi connectivity index (χ1v) is 7.27. The number of hydrogen-bond donors (Lipinski definition) is 2. The van der Waals surface area contributed by atoms with Crippen molar-refractivity contribution in [2.24, 2.45) is 0 Å². The van der Waals surface area contributed by atoms with Crippen LogP contribution in [0.2, 0.25) is 0 Å². The van der Waals surface area contributed by atoms with Gasteiger partial charge in [-0.05, 0) is 36.4 Å². The highest BCUT2D eigenvalue weighted by Crippen LogP contribution is 2.32. The first kappa shape index (κ1) is 15.7. The van der Waals surface area contributed by atoms with E-state index in [2.05, 4.69) is 5.32 Å². The lowest BCUT2D eigenvalue weighted by molar-refractivity contribution is -0.119. The molecule has 2 N–H and O–H groups in total. The SMILES string of the molecule is O=C(COC(=O)c1ccc(O)cc1)Nc1ccc2c(c1)OCCO2. The molecule has 1 aliphatic rings. The largest absolute Gasteiger partial charge is 0.508 e. The molecule has 0 bridgehead atoms. The maximum absolute atomic E-state index is 11.9. The van der Waals surface area contributed by atoms with Crippen molar-refractivity contribution in [1.82, 2.24) is 0 Å². The molecule has 2 aromatic rings. The normalized spacial score (nSPS) is 12.3. The zero-order valence-corrected chi connectivity index (χ0v) is 12.7. The number of amides is 1. The molecule has 3 rings (SSSR count). The van der Waals surface area contributed by atoms with Crippen LogP contribution in [0.15, 0.2) is 42.5 Å². The summed E-state index contributed by atoms with van der Waals surface area (Å²) in [7, 11) is 0. The van der Waals surface area contributed by atoms with Gasteiger partial charge in [0.2, 0.25) is 0 Å². The fourth-order valence-electron chi connectivity index (χ4n) is 2.13. The zero-order chi connectivity index (χ0) is 16.9. The summed E-state index contributed by atoms with van der Waals surface area (Å²) in [4.78, 5) is 23.7. The van der Waals surface area contributed by atoms with Gasteiger partial charge in [-0.2, -0.15) is 0 Å². The number of nitrogens with one attached hydrogen (secondary N) is 1. The summed E-state index contributed by atoms with van der Waals surface area (Å²) in [5.41, 5.74) is 0.768. The number of benzene rings is 2. The Balaban J connectivity index is 1.54. The minimum atomic E-state index is -0.646. The van der Waals surface area contributed by atoms with Crippen molar-refractivity contribution >= 4 is 17.6 Å². The number of carbonyl (C=O) groups excluding carboxylic acids is 2. The number of esters is 1. The molecule has 0 saturated heterocycles. The lowest BCUT2D eigenvalue weighted by Gasteiger charge is -2.19. The van der Waals surface area contributed by atoms with Gasteiger partial charge in [-0.3, -0.25) is 4.79 Å². The van der Waals surface area contributed by atoms with Gasteiger partial charge in [0, 0.05) is 11.8 Å². The number of anilines is 1. The Bertz CT molecular complexity index is 756. The van der Waals surface area contributed by atoms with E-state index in [-0.39, 0.29) is 11.3 Å². The number of hydrogen-bond acceptors (Lipinski definition) is 6. The number of rotatable bonds is 4. The summed E-state index contributed by atoms with van der Waals surface area (Å²) >= 11 is 0. The number of carbonyl (C=O) groups is 2. The van der Waals surface area contributed by atoms with Crippen LogP contribution in [-0.4, -0.2) is 36.8 Å². The average Bonchev–Trinajstić information content (AvgIpc) is 2.60. The smallest absolute Gasteiger partial charge is 0.338 e. The van der Waals surface area contributed by atoms with E-state index in [0.717, 1.165) is 0 Å². The third kappa shape index (κ3) is 3.75. The third-order valence-electron chi connectivity index (χ3n) is 3.26. The third-order valence-corrected chi connectivity index (χ3v) is 3.26. The predicted molar refractivity (Wildman–Crippen MR) is 84.5 cm³/mol. The van der Waals surface area contributed by atoms with Gasteiger partial charge < -0.3 is 24.6 Å². The van der Waals surface area contributed by atoms with Crippen LogP contribution in [0.25, 0.3) is 0 Å². The lowest BCUT2D eigenvalue weighted by Crippen LogP contribution is -2.21. The monoisotopic (exact) mass is 329 g/mol. The molecule has 124 valence electrons. The Morgan fingerprint density at radius 3 is 2.50 bits per heavy atom. The molecule has 1 heterocycles. The quantitative estimate of drug-likeness (QED) is 0.833. The minimum absolute atomic E-state index is 0.0444. The van der Waals surface area contributed by atoms with E-state index >= 15 is 0 Å². The average molecular weight is 329 g/mol. The molecule has 0 unspecified atom stereocenters. The molecule has 0 spiro atoms. The van der Waals surface area contributed by atoms with Gasteiger partial charge >= 0.3 is 5.97 Å². The lowest BCUT2D eigenvalue weighted by atomic mass is 10.2. The van der Waals surface area contributed by atoms with Crippen molar-refractivity contribution in [3.05, 3.63) is 48.0 Å². The Kier molecular flexibility index (Phi) is 4.51. The Morgan fingerprint density at radius 2 is 1.75 bits per heavy atom. The molecule has 7 heteroatoms. The number of fused-ring (bicyclic) bond motifs is 1. The summed E-state index contributed by atoms with van der Waals surface area (Å²) in [6.45, 7) is 0.523. The Hall–Kier alpha value is -3.22. The molecule has 2 aromatic carbocycles. The van der Waals surface area contributed by atoms with E-state index in [1.807, 2.05) is 0 Å². The summed E-state index contributed by atoms with van der Waals surface area (Å²) in [6.07, 6.45) is 0. The summed E-state index contributed by atoms with van der Waals surface area (Å²) in [5.74, 6) is 0.104. The van der Waals surface area contributed by atoms with Gasteiger partial charge in [0.15, 0.2) is 18.1 Å². The number of aromatic hydroxyl groups is 1. The van der Waals surface area contributed by atoms with Crippen LogP contribution in [0.4, 0.5) is 5.69 Å². The first-order chi connectivity index (χ1) is 11.6. The van der Waals surface area contributed by atoms with Gasteiger partial charge in [0.25, 0.3) is 5.91 Å². The zero-order valence-electron chi connectivity index (χ0n) is 12.7. The highest BCUT2D eigenvalue weighted by Gasteiger charge is 2.14. The van der Waals surface area contributed by atoms with E-state index in [0.29, 0.717) is 30.4 Å². The number of ether oxygens (including phenoxy) is 3. The molecule has 1 amide bonds. The molecule has 24 heavy (non-hydrogen) atoms. The van der Waals surface area contributed by atoms with E-state index in [9.17, 15) is 9.59 Å².